The van der Waals surface area contributed by atoms with E-state index >= 15 is 0 Å². The van der Waals surface area contributed by atoms with E-state index in [4.69, 9.17) is 5.26 Å². The lowest BCUT2D eigenvalue weighted by Gasteiger charge is -2.19. The first-order chi connectivity index (χ1) is 7.82. The molecular formula is C10H10BrFN2O2S. The minimum Gasteiger partial charge on any atom is -0.207 e. The molecule has 0 amide bonds. The highest BCUT2D eigenvalue weighted by atomic mass is 79.9. The lowest BCUT2D eigenvalue weighted by atomic mass is 10.3. The number of nitriles is 1. The summed E-state index contributed by atoms with van der Waals surface area (Å²) in [4.78, 5) is -0.448. The molecule has 0 aromatic heterocycles. The van der Waals surface area contributed by atoms with Gasteiger partial charge in [0, 0.05) is 7.05 Å². The highest BCUT2D eigenvalue weighted by Crippen LogP contribution is 2.25. The Kier molecular flexibility index (Phi) is 4.25. The van der Waals surface area contributed by atoms with E-state index in [1.54, 1.807) is 6.07 Å². The van der Waals surface area contributed by atoms with Gasteiger partial charge in [-0.05, 0) is 35.0 Å². The highest BCUT2D eigenvalue weighted by molar-refractivity contribution is 9.10. The van der Waals surface area contributed by atoms with Crippen molar-refractivity contribution < 1.29 is 12.8 Å². The van der Waals surface area contributed by atoms with E-state index in [1.165, 1.54) is 26.1 Å². The lowest BCUT2D eigenvalue weighted by molar-refractivity contribution is 0.436. The van der Waals surface area contributed by atoms with Crippen molar-refractivity contribution in [3.05, 3.63) is 28.5 Å². The molecule has 92 valence electrons. The van der Waals surface area contributed by atoms with Crippen molar-refractivity contribution in [2.75, 3.05) is 7.05 Å². The van der Waals surface area contributed by atoms with Gasteiger partial charge in [0.25, 0.3) is 0 Å². The van der Waals surface area contributed by atoms with Gasteiger partial charge in [-0.25, -0.2) is 12.8 Å². The fourth-order valence-electron chi connectivity index (χ4n) is 1.13. The molecule has 1 rings (SSSR count). The molecule has 0 spiro atoms. The topological polar surface area (TPSA) is 61.2 Å². The molecule has 1 aromatic carbocycles. The van der Waals surface area contributed by atoms with E-state index in [-0.39, 0.29) is 4.47 Å². The molecule has 0 N–H and O–H groups in total. The smallest absolute Gasteiger partial charge is 0.207 e. The van der Waals surface area contributed by atoms with Crippen LogP contribution in [0.4, 0.5) is 4.39 Å². The Morgan fingerprint density at radius 3 is 2.65 bits per heavy atom. The molecule has 1 aromatic rings. The van der Waals surface area contributed by atoms with Gasteiger partial charge in [-0.15, -0.1) is 0 Å². The van der Waals surface area contributed by atoms with Crippen LogP contribution in [0.15, 0.2) is 27.6 Å². The van der Waals surface area contributed by atoms with Crippen molar-refractivity contribution >= 4 is 26.0 Å². The summed E-state index contributed by atoms with van der Waals surface area (Å²) in [5.74, 6) is -0.857. The first-order valence-electron chi connectivity index (χ1n) is 4.64. The predicted molar refractivity (Wildman–Crippen MR) is 64.1 cm³/mol. The number of sulfonamides is 1. The second-order valence-electron chi connectivity index (χ2n) is 3.38. The van der Waals surface area contributed by atoms with E-state index in [0.29, 0.717) is 0 Å². The van der Waals surface area contributed by atoms with Gasteiger partial charge in [0.2, 0.25) is 10.0 Å². The first-order valence-corrected chi connectivity index (χ1v) is 6.87. The predicted octanol–water partition coefficient (Wildman–Crippen LogP) is 2.12. The quantitative estimate of drug-likeness (QED) is 0.857. The summed E-state index contributed by atoms with van der Waals surface area (Å²) in [5, 5.41) is 8.68. The van der Waals surface area contributed by atoms with Crippen LogP contribution in [-0.2, 0) is 10.0 Å². The van der Waals surface area contributed by atoms with Gasteiger partial charge in [0.1, 0.15) is 10.9 Å². The highest BCUT2D eigenvalue weighted by Gasteiger charge is 2.28. The van der Waals surface area contributed by atoms with Gasteiger partial charge < -0.3 is 0 Å². The molecule has 0 bridgehead atoms. The van der Waals surface area contributed by atoms with Crippen LogP contribution in [0.5, 0.6) is 0 Å². The van der Waals surface area contributed by atoms with Crippen LogP contribution >= 0.6 is 15.9 Å². The number of rotatable bonds is 3. The minimum absolute atomic E-state index is 0.0663. The second kappa shape index (κ2) is 5.12. The molecule has 0 aliphatic heterocycles. The number of hydrogen-bond donors (Lipinski definition) is 0. The average molecular weight is 321 g/mol. The first kappa shape index (κ1) is 14.1. The van der Waals surface area contributed by atoms with Crippen molar-refractivity contribution in [2.45, 2.75) is 17.9 Å². The molecule has 0 saturated carbocycles. The van der Waals surface area contributed by atoms with Crippen molar-refractivity contribution in [3.63, 3.8) is 0 Å². The molecule has 0 heterocycles. The normalized spacial score (nSPS) is 13.4. The third-order valence-corrected chi connectivity index (χ3v) is 4.86. The minimum atomic E-state index is -4.00. The summed E-state index contributed by atoms with van der Waals surface area (Å²) in [6, 6.07) is 4.91. The molecule has 1 unspecified atom stereocenters. The zero-order valence-electron chi connectivity index (χ0n) is 9.18. The maximum atomic E-state index is 13.7. The van der Waals surface area contributed by atoms with Crippen molar-refractivity contribution in [2.24, 2.45) is 0 Å². The third-order valence-electron chi connectivity index (χ3n) is 2.31. The van der Waals surface area contributed by atoms with E-state index in [2.05, 4.69) is 15.9 Å². The Bertz CT molecular complexity index is 568. The zero-order valence-corrected chi connectivity index (χ0v) is 11.6. The summed E-state index contributed by atoms with van der Waals surface area (Å²) in [7, 11) is -2.76. The fraction of sp³-hybridized carbons (Fsp3) is 0.300. The van der Waals surface area contributed by atoms with Crippen LogP contribution in [0.3, 0.4) is 0 Å². The zero-order chi connectivity index (χ0) is 13.2. The standard InChI is InChI=1S/C10H10BrFN2O2S/c1-7(6-13)14(2)17(15,16)9-5-3-4-8(11)10(9)12/h3-5,7H,1-2H3. The molecular weight excluding hydrogens is 311 g/mol. The van der Waals surface area contributed by atoms with Gasteiger partial charge in [-0.2, -0.15) is 9.57 Å². The van der Waals surface area contributed by atoms with Gasteiger partial charge in [0.05, 0.1) is 10.5 Å². The Labute approximate surface area is 108 Å². The molecule has 17 heavy (non-hydrogen) atoms. The van der Waals surface area contributed by atoms with Crippen LogP contribution in [0.1, 0.15) is 6.92 Å². The van der Waals surface area contributed by atoms with Gasteiger partial charge in [-0.3, -0.25) is 0 Å². The van der Waals surface area contributed by atoms with Crippen molar-refractivity contribution in [3.8, 4) is 6.07 Å². The third kappa shape index (κ3) is 2.65. The maximum Gasteiger partial charge on any atom is 0.246 e. The number of hydrogen-bond acceptors (Lipinski definition) is 3. The lowest BCUT2D eigenvalue weighted by Crippen LogP contribution is -2.34. The maximum absolute atomic E-state index is 13.7. The SMILES string of the molecule is CC(C#N)N(C)S(=O)(=O)c1cccc(Br)c1F. The van der Waals surface area contributed by atoms with Crippen LogP contribution in [0.2, 0.25) is 0 Å². The van der Waals surface area contributed by atoms with Crippen LogP contribution in [-0.4, -0.2) is 25.8 Å². The number of nitrogens with zero attached hydrogens (tertiary/aromatic N) is 2. The Hall–Kier alpha value is -0.970. The molecule has 7 heteroatoms. The summed E-state index contributed by atoms with van der Waals surface area (Å²) < 4.78 is 38.6. The second-order valence-corrected chi connectivity index (χ2v) is 6.20. The summed E-state index contributed by atoms with van der Waals surface area (Å²) in [6.07, 6.45) is 0. The summed E-state index contributed by atoms with van der Waals surface area (Å²) in [5.41, 5.74) is 0. The van der Waals surface area contributed by atoms with Crippen LogP contribution in [0.25, 0.3) is 0 Å². The van der Waals surface area contributed by atoms with Crippen LogP contribution < -0.4 is 0 Å². The van der Waals surface area contributed by atoms with Crippen molar-refractivity contribution in [1.29, 1.82) is 5.26 Å². The Balaban J connectivity index is 3.33. The van der Waals surface area contributed by atoms with Gasteiger partial charge >= 0.3 is 0 Å². The molecule has 0 radical (unpaired) electrons. The largest absolute Gasteiger partial charge is 0.246 e. The molecule has 4 nitrogen and oxygen atoms in total. The molecule has 0 aliphatic rings. The Morgan fingerprint density at radius 2 is 2.12 bits per heavy atom. The van der Waals surface area contributed by atoms with Gasteiger partial charge in [0.15, 0.2) is 5.82 Å². The van der Waals surface area contributed by atoms with Crippen molar-refractivity contribution in [1.82, 2.24) is 4.31 Å². The Morgan fingerprint density at radius 1 is 1.53 bits per heavy atom. The van der Waals surface area contributed by atoms with E-state index in [1.807, 2.05) is 0 Å². The monoisotopic (exact) mass is 320 g/mol. The molecule has 1 atom stereocenters. The number of benzene rings is 1. The van der Waals surface area contributed by atoms with E-state index in [9.17, 15) is 12.8 Å². The molecule has 0 saturated heterocycles. The summed E-state index contributed by atoms with van der Waals surface area (Å²) >= 11 is 2.92. The van der Waals surface area contributed by atoms with E-state index < -0.39 is 26.8 Å². The van der Waals surface area contributed by atoms with E-state index in [0.717, 1.165) is 10.4 Å². The number of halogens is 2. The average Bonchev–Trinajstić information content (AvgIpc) is 2.30. The molecule has 0 aliphatic carbocycles. The fourth-order valence-corrected chi connectivity index (χ4v) is 2.99. The summed E-state index contributed by atoms with van der Waals surface area (Å²) in [6.45, 7) is 1.42. The van der Waals surface area contributed by atoms with Gasteiger partial charge in [-0.1, -0.05) is 6.07 Å². The molecule has 0 fully saturated rings. The van der Waals surface area contributed by atoms with Crippen LogP contribution in [0, 0.1) is 17.1 Å².